The van der Waals surface area contributed by atoms with Crippen LogP contribution in [0.15, 0.2) is 36.5 Å². The van der Waals surface area contributed by atoms with Crippen LogP contribution >= 0.6 is 0 Å². The predicted octanol–water partition coefficient (Wildman–Crippen LogP) is 5.62. The molecule has 0 bridgehead atoms. The van der Waals surface area contributed by atoms with E-state index in [9.17, 15) is 14.3 Å². The molecule has 4 aromatic rings. The summed E-state index contributed by atoms with van der Waals surface area (Å²) in [5.41, 5.74) is 3.75. The average molecular weight is 494 g/mol. The summed E-state index contributed by atoms with van der Waals surface area (Å²) >= 11 is 0. The monoisotopic (exact) mass is 493 g/mol. The lowest BCUT2D eigenvalue weighted by molar-refractivity contribution is -0.161. The zero-order valence-electron chi connectivity index (χ0n) is 21.3. The summed E-state index contributed by atoms with van der Waals surface area (Å²) < 4.78 is 27.7. The molecule has 0 saturated heterocycles. The van der Waals surface area contributed by atoms with Crippen LogP contribution < -0.4 is 0 Å². The van der Waals surface area contributed by atoms with Gasteiger partial charge in [-0.2, -0.15) is 5.10 Å². The van der Waals surface area contributed by atoms with Crippen LogP contribution in [0.3, 0.4) is 0 Å². The Morgan fingerprint density at radius 1 is 1.31 bits per heavy atom. The number of fused-ring (bicyclic) bond motifs is 2. The number of methoxy groups -OCH3 is 2. The number of aryl methyl sites for hydroxylation is 1. The third kappa shape index (κ3) is 3.71. The molecule has 36 heavy (non-hydrogen) atoms. The van der Waals surface area contributed by atoms with E-state index in [1.54, 1.807) is 26.3 Å². The van der Waals surface area contributed by atoms with Crippen LogP contribution in [-0.4, -0.2) is 52.3 Å². The van der Waals surface area contributed by atoms with E-state index in [2.05, 4.69) is 40.7 Å². The lowest BCUT2D eigenvalue weighted by Gasteiger charge is -2.30. The summed E-state index contributed by atoms with van der Waals surface area (Å²) in [6.45, 7) is 6.47. The highest BCUT2D eigenvalue weighted by molar-refractivity contribution is 5.99. The van der Waals surface area contributed by atoms with Crippen molar-refractivity contribution in [3.05, 3.63) is 59.2 Å². The molecule has 1 fully saturated rings. The number of aromatic amines is 1. The third-order valence-electron chi connectivity index (χ3n) is 7.77. The summed E-state index contributed by atoms with van der Waals surface area (Å²) in [7, 11) is 3.16. The summed E-state index contributed by atoms with van der Waals surface area (Å²) in [4.78, 5) is 12.2. The van der Waals surface area contributed by atoms with Crippen LogP contribution in [0.2, 0.25) is 0 Å². The van der Waals surface area contributed by atoms with E-state index in [1.165, 1.54) is 13.2 Å². The van der Waals surface area contributed by atoms with Crippen LogP contribution in [0.1, 0.15) is 55.8 Å². The van der Waals surface area contributed by atoms with Crippen molar-refractivity contribution in [1.29, 1.82) is 0 Å². The van der Waals surface area contributed by atoms with Gasteiger partial charge in [-0.15, -0.1) is 0 Å². The van der Waals surface area contributed by atoms with E-state index in [0.29, 0.717) is 31.4 Å². The van der Waals surface area contributed by atoms with Crippen LogP contribution in [0.5, 0.6) is 0 Å². The largest absolute Gasteiger partial charge is 0.479 e. The fourth-order valence-electron chi connectivity index (χ4n) is 6.02. The molecule has 2 aromatic heterocycles. The van der Waals surface area contributed by atoms with Gasteiger partial charge in [-0.1, -0.05) is 13.8 Å². The van der Waals surface area contributed by atoms with Gasteiger partial charge in [-0.3, -0.25) is 5.10 Å². The first-order valence-corrected chi connectivity index (χ1v) is 12.2. The van der Waals surface area contributed by atoms with Crippen molar-refractivity contribution in [2.45, 2.75) is 57.0 Å². The molecule has 5 rings (SSSR count). The first kappa shape index (κ1) is 24.5. The Labute approximate surface area is 209 Å². The molecule has 0 amide bonds. The van der Waals surface area contributed by atoms with Gasteiger partial charge in [0.1, 0.15) is 5.82 Å². The molecule has 0 aliphatic heterocycles. The van der Waals surface area contributed by atoms with Gasteiger partial charge in [0.15, 0.2) is 5.60 Å². The molecule has 1 aliphatic carbocycles. The van der Waals surface area contributed by atoms with E-state index < -0.39 is 17.0 Å². The minimum Gasteiger partial charge on any atom is -0.479 e. The van der Waals surface area contributed by atoms with Crippen LogP contribution in [0.4, 0.5) is 4.39 Å². The molecule has 0 spiro atoms. The smallest absolute Gasteiger partial charge is 0.335 e. The highest BCUT2D eigenvalue weighted by atomic mass is 19.1. The molecule has 2 aromatic carbocycles. The van der Waals surface area contributed by atoms with Crippen molar-refractivity contribution in [2.24, 2.45) is 0 Å². The maximum absolute atomic E-state index is 14.3. The number of ether oxygens (including phenoxy) is 2. The molecule has 8 heteroatoms. The zero-order valence-corrected chi connectivity index (χ0v) is 21.3. The number of carboxylic acid groups (broad SMARTS) is 1. The van der Waals surface area contributed by atoms with Crippen LogP contribution in [0.25, 0.3) is 27.5 Å². The fraction of sp³-hybridized carbons (Fsp3) is 0.429. The van der Waals surface area contributed by atoms with Crippen molar-refractivity contribution in [2.75, 3.05) is 20.8 Å². The Bertz CT molecular complexity index is 1470. The number of hydrogen-bond acceptors (Lipinski definition) is 4. The number of rotatable bonds is 7. The molecule has 1 saturated carbocycles. The van der Waals surface area contributed by atoms with Crippen molar-refractivity contribution < 1.29 is 23.8 Å². The second-order valence-corrected chi connectivity index (χ2v) is 10.6. The number of hydrogen-bond donors (Lipinski definition) is 2. The van der Waals surface area contributed by atoms with Gasteiger partial charge in [0.2, 0.25) is 0 Å². The Morgan fingerprint density at radius 3 is 2.72 bits per heavy atom. The molecule has 190 valence electrons. The molecule has 2 N–H and O–H groups in total. The minimum absolute atomic E-state index is 0.0437. The van der Waals surface area contributed by atoms with Gasteiger partial charge in [0.25, 0.3) is 0 Å². The van der Waals surface area contributed by atoms with Crippen molar-refractivity contribution in [1.82, 2.24) is 14.8 Å². The van der Waals surface area contributed by atoms with Crippen molar-refractivity contribution in [3.8, 4) is 5.69 Å². The van der Waals surface area contributed by atoms with Gasteiger partial charge in [-0.25, -0.2) is 9.18 Å². The topological polar surface area (TPSA) is 89.4 Å². The molecule has 2 atom stereocenters. The fourth-order valence-corrected chi connectivity index (χ4v) is 6.02. The number of carboxylic acids is 1. The molecular formula is C28H32FN3O4. The number of carbonyl (C=O) groups is 1. The summed E-state index contributed by atoms with van der Waals surface area (Å²) in [6.07, 6.45) is 3.27. The quantitative estimate of drug-likeness (QED) is 0.349. The lowest BCUT2D eigenvalue weighted by Crippen LogP contribution is -2.38. The first-order valence-electron chi connectivity index (χ1n) is 12.2. The molecule has 2 heterocycles. The zero-order chi connectivity index (χ0) is 25.8. The lowest BCUT2D eigenvalue weighted by atomic mass is 9.81. The standard InChI is InChI=1S/C28H32FN3O4/c1-16-10-19(6-7-21(16)29)32-23-11-18-14-30-31-22(18)12-20(23)24(25(32)27(2,3)15-35-4)17-8-9-28(13-17,36-5)26(33)34/h6-7,10-12,14,17H,8-9,13,15H2,1-5H3,(H,30,31)(H,33,34)/t17?,28-/m0/s1. The first-order chi connectivity index (χ1) is 17.1. The van der Waals surface area contributed by atoms with Crippen LogP contribution in [-0.2, 0) is 19.7 Å². The van der Waals surface area contributed by atoms with Gasteiger partial charge in [0.05, 0.1) is 23.8 Å². The van der Waals surface area contributed by atoms with Gasteiger partial charge >= 0.3 is 5.97 Å². The number of nitrogens with zero attached hydrogens (tertiary/aromatic N) is 2. The van der Waals surface area contributed by atoms with E-state index in [0.717, 1.165) is 38.8 Å². The minimum atomic E-state index is -1.22. The van der Waals surface area contributed by atoms with E-state index >= 15 is 0 Å². The number of aliphatic carboxylic acids is 1. The Hall–Kier alpha value is -3.23. The molecule has 7 nitrogen and oxygen atoms in total. The predicted molar refractivity (Wildman–Crippen MR) is 136 cm³/mol. The Morgan fingerprint density at radius 2 is 2.08 bits per heavy atom. The van der Waals surface area contributed by atoms with Gasteiger partial charge < -0.3 is 19.1 Å². The third-order valence-corrected chi connectivity index (χ3v) is 7.77. The summed E-state index contributed by atoms with van der Waals surface area (Å²) in [5.74, 6) is -1.23. The summed E-state index contributed by atoms with van der Waals surface area (Å²) in [5, 5.41) is 19.3. The van der Waals surface area contributed by atoms with E-state index in [4.69, 9.17) is 9.47 Å². The second-order valence-electron chi connectivity index (χ2n) is 10.6. The normalized spacial score (nSPS) is 20.6. The van der Waals surface area contributed by atoms with Gasteiger partial charge in [-0.05, 0) is 73.6 Å². The van der Waals surface area contributed by atoms with Crippen LogP contribution in [0, 0.1) is 12.7 Å². The van der Waals surface area contributed by atoms with E-state index in [-0.39, 0.29) is 11.7 Å². The maximum Gasteiger partial charge on any atom is 0.335 e. The number of halogens is 1. The molecule has 1 unspecified atom stereocenters. The summed E-state index contributed by atoms with van der Waals surface area (Å²) in [6, 6.07) is 9.34. The highest BCUT2D eigenvalue weighted by Gasteiger charge is 2.48. The molecule has 1 aliphatic rings. The second kappa shape index (κ2) is 8.71. The molecular weight excluding hydrogens is 461 g/mol. The highest BCUT2D eigenvalue weighted by Crippen LogP contribution is 2.50. The average Bonchev–Trinajstić information content (AvgIpc) is 3.55. The van der Waals surface area contributed by atoms with Gasteiger partial charge in [0, 0.05) is 41.8 Å². The van der Waals surface area contributed by atoms with E-state index in [1.807, 2.05) is 6.07 Å². The number of benzene rings is 2. The number of aromatic nitrogens is 3. The van der Waals surface area contributed by atoms with Crippen molar-refractivity contribution in [3.63, 3.8) is 0 Å². The Kier molecular flexibility index (Phi) is 5.92. The Balaban J connectivity index is 1.87. The number of nitrogens with one attached hydrogen (secondary N) is 1. The molecule has 0 radical (unpaired) electrons. The SMILES string of the molecule is COCC(C)(C)c1c(C2CC[C@@](OC)(C(=O)O)C2)c2cc3[nH]ncc3cc2n1-c1ccc(F)c(C)c1. The maximum atomic E-state index is 14.3. The number of H-pyrrole nitrogens is 1. The van der Waals surface area contributed by atoms with Crippen molar-refractivity contribution >= 4 is 27.8 Å².